The number of hydrogen-bond donors (Lipinski definition) is 2. The lowest BCUT2D eigenvalue weighted by atomic mass is 9.98. The molecule has 8 nitrogen and oxygen atoms in total. The first-order valence-corrected chi connectivity index (χ1v) is 16.8. The molecule has 1 amide bonds. The molecule has 4 aromatic rings. The lowest BCUT2D eigenvalue weighted by Gasteiger charge is -2.41. The molecule has 6 rings (SSSR count). The van der Waals surface area contributed by atoms with E-state index in [1.54, 1.807) is 0 Å². The van der Waals surface area contributed by atoms with Gasteiger partial charge in [-0.1, -0.05) is 48.5 Å². The SMILES string of the molecule is O=C(c1cc(C(F)(F)F)cc(C(F)(F)F)c1)N1CCN(CC=C(NOCCN2CCOCC2)c2ccccc2)C[C@H]1Cc1c[nH]c2ccccc12. The quantitative estimate of drug-likeness (QED) is 0.106. The molecule has 3 aromatic carbocycles. The number of H-pyrrole nitrogens is 1. The molecule has 2 aliphatic rings. The molecule has 272 valence electrons. The highest BCUT2D eigenvalue weighted by Crippen LogP contribution is 2.37. The summed E-state index contributed by atoms with van der Waals surface area (Å²) >= 11 is 0. The van der Waals surface area contributed by atoms with Crippen LogP contribution >= 0.6 is 0 Å². The normalized spacial score (nSPS) is 18.4. The summed E-state index contributed by atoms with van der Waals surface area (Å²) in [6, 6.07) is 17.7. The summed E-state index contributed by atoms with van der Waals surface area (Å²) in [6.07, 6.45) is -6.00. The van der Waals surface area contributed by atoms with E-state index in [0.29, 0.717) is 58.0 Å². The van der Waals surface area contributed by atoms with Crippen molar-refractivity contribution in [3.63, 3.8) is 0 Å². The summed E-state index contributed by atoms with van der Waals surface area (Å²) in [5.74, 6) is -0.882. The van der Waals surface area contributed by atoms with Gasteiger partial charge in [0.25, 0.3) is 5.91 Å². The van der Waals surface area contributed by atoms with Gasteiger partial charge in [-0.3, -0.25) is 24.9 Å². The van der Waals surface area contributed by atoms with Gasteiger partial charge in [0.15, 0.2) is 0 Å². The van der Waals surface area contributed by atoms with Crippen LogP contribution in [-0.4, -0.2) is 97.3 Å². The van der Waals surface area contributed by atoms with Crippen LogP contribution in [0.2, 0.25) is 0 Å². The predicted molar refractivity (Wildman–Crippen MR) is 180 cm³/mol. The number of nitrogens with one attached hydrogen (secondary N) is 2. The van der Waals surface area contributed by atoms with Gasteiger partial charge in [0.05, 0.1) is 36.6 Å². The minimum Gasteiger partial charge on any atom is -0.379 e. The second kappa shape index (κ2) is 15.9. The van der Waals surface area contributed by atoms with E-state index in [-0.39, 0.29) is 12.6 Å². The van der Waals surface area contributed by atoms with Crippen LogP contribution in [0.3, 0.4) is 0 Å². The predicted octanol–water partition coefficient (Wildman–Crippen LogP) is 6.47. The first-order chi connectivity index (χ1) is 24.5. The van der Waals surface area contributed by atoms with Gasteiger partial charge in [-0.15, -0.1) is 0 Å². The van der Waals surface area contributed by atoms with Crippen molar-refractivity contribution in [2.24, 2.45) is 0 Å². The van der Waals surface area contributed by atoms with E-state index in [9.17, 15) is 31.1 Å². The number of hydrogen-bond acceptors (Lipinski definition) is 6. The molecule has 0 radical (unpaired) electrons. The summed E-state index contributed by atoms with van der Waals surface area (Å²) in [7, 11) is 0. The number of halogens is 6. The molecule has 2 aliphatic heterocycles. The van der Waals surface area contributed by atoms with Gasteiger partial charge in [0, 0.05) is 74.5 Å². The number of morpholine rings is 1. The number of amides is 1. The van der Waals surface area contributed by atoms with E-state index >= 15 is 0 Å². The standard InChI is InChI=1S/C37H39F6N5O3/c38-36(39,40)29-20-27(21-30(23-29)37(41,42)43)35(49)48-13-12-47(25-31(48)22-28-24-44-34-9-5-4-8-32(28)34)11-10-33(26-6-2-1-3-7-26)45-51-19-16-46-14-17-50-18-15-46/h1-10,20-21,23-24,31,44-45H,11-19,22,25H2/t31-/m1/s1. The van der Waals surface area contributed by atoms with Gasteiger partial charge >= 0.3 is 12.4 Å². The van der Waals surface area contributed by atoms with Gasteiger partial charge in [-0.2, -0.15) is 26.3 Å². The van der Waals surface area contributed by atoms with E-state index in [0.717, 1.165) is 47.4 Å². The molecule has 2 saturated heterocycles. The Bertz CT molecular complexity index is 1770. The van der Waals surface area contributed by atoms with E-state index < -0.39 is 41.0 Å². The van der Waals surface area contributed by atoms with E-state index in [4.69, 9.17) is 9.57 Å². The Morgan fingerprint density at radius 2 is 1.55 bits per heavy atom. The Labute approximate surface area is 291 Å². The Kier molecular flexibility index (Phi) is 11.3. The van der Waals surface area contributed by atoms with E-state index in [1.807, 2.05) is 66.9 Å². The molecule has 2 fully saturated rings. The molecular weight excluding hydrogens is 676 g/mol. The van der Waals surface area contributed by atoms with Crippen molar-refractivity contribution in [2.45, 2.75) is 24.8 Å². The smallest absolute Gasteiger partial charge is 0.379 e. The molecule has 0 unspecified atom stereocenters. The zero-order valence-corrected chi connectivity index (χ0v) is 27.8. The van der Waals surface area contributed by atoms with Crippen LogP contribution in [0.25, 0.3) is 16.6 Å². The van der Waals surface area contributed by atoms with Gasteiger partial charge in [-0.05, 0) is 47.9 Å². The molecule has 0 aliphatic carbocycles. The topological polar surface area (TPSA) is 73.1 Å². The van der Waals surface area contributed by atoms with Crippen molar-refractivity contribution in [1.29, 1.82) is 0 Å². The molecule has 1 atom stereocenters. The number of hydroxylamine groups is 1. The summed E-state index contributed by atoms with van der Waals surface area (Å²) < 4.78 is 87.6. The van der Waals surface area contributed by atoms with Crippen molar-refractivity contribution >= 4 is 22.5 Å². The third-order valence-electron chi connectivity index (χ3n) is 9.23. The first kappa shape index (κ1) is 36.4. The average molecular weight is 716 g/mol. The number of aromatic nitrogens is 1. The Hall–Kier alpha value is -4.37. The minimum atomic E-state index is -5.07. The Morgan fingerprint density at radius 3 is 2.25 bits per heavy atom. The van der Waals surface area contributed by atoms with Gasteiger partial charge in [0.1, 0.15) is 0 Å². The highest BCUT2D eigenvalue weighted by molar-refractivity contribution is 5.95. The van der Waals surface area contributed by atoms with Crippen molar-refractivity contribution in [3.05, 3.63) is 113 Å². The molecule has 14 heteroatoms. The van der Waals surface area contributed by atoms with Crippen LogP contribution in [0.5, 0.6) is 0 Å². The zero-order valence-electron chi connectivity index (χ0n) is 27.8. The molecule has 0 bridgehead atoms. The van der Waals surface area contributed by atoms with Crippen molar-refractivity contribution in [3.8, 4) is 0 Å². The molecule has 0 spiro atoms. The maximum absolute atomic E-state index is 13.9. The van der Waals surface area contributed by atoms with Crippen LogP contribution < -0.4 is 5.48 Å². The maximum Gasteiger partial charge on any atom is 0.416 e. The summed E-state index contributed by atoms with van der Waals surface area (Å²) in [5.41, 5.74) is 2.79. The Morgan fingerprint density at radius 1 is 0.863 bits per heavy atom. The minimum absolute atomic E-state index is 0.0369. The third kappa shape index (κ3) is 9.30. The number of rotatable bonds is 11. The molecule has 2 N–H and O–H groups in total. The number of ether oxygens (including phenoxy) is 1. The monoisotopic (exact) mass is 715 g/mol. The van der Waals surface area contributed by atoms with Crippen LogP contribution in [0.15, 0.2) is 85.1 Å². The number of nitrogens with zero attached hydrogens (tertiary/aromatic N) is 3. The number of aromatic amines is 1. The lowest BCUT2D eigenvalue weighted by Crippen LogP contribution is -2.56. The summed E-state index contributed by atoms with van der Waals surface area (Å²) in [4.78, 5) is 28.7. The van der Waals surface area contributed by atoms with E-state index in [1.165, 1.54) is 4.90 Å². The summed E-state index contributed by atoms with van der Waals surface area (Å²) in [6.45, 7) is 5.47. The van der Waals surface area contributed by atoms with Crippen molar-refractivity contribution < 1.29 is 40.7 Å². The number of carbonyl (C=O) groups is 1. The number of para-hydroxylation sites is 1. The van der Waals surface area contributed by atoms with Crippen LogP contribution in [0, 0.1) is 0 Å². The summed E-state index contributed by atoms with van der Waals surface area (Å²) in [5, 5.41) is 0.921. The highest BCUT2D eigenvalue weighted by atomic mass is 19.4. The largest absolute Gasteiger partial charge is 0.416 e. The fraction of sp³-hybridized carbons (Fsp3) is 0.378. The average Bonchev–Trinajstić information content (AvgIpc) is 3.53. The second-order valence-corrected chi connectivity index (χ2v) is 12.7. The Balaban J connectivity index is 1.23. The maximum atomic E-state index is 13.9. The fourth-order valence-electron chi connectivity index (χ4n) is 6.51. The second-order valence-electron chi connectivity index (χ2n) is 12.7. The van der Waals surface area contributed by atoms with Gasteiger partial charge in [0.2, 0.25) is 0 Å². The highest BCUT2D eigenvalue weighted by Gasteiger charge is 2.39. The zero-order chi connectivity index (χ0) is 36.0. The molecule has 51 heavy (non-hydrogen) atoms. The molecular formula is C37H39F6N5O3. The fourth-order valence-corrected chi connectivity index (χ4v) is 6.51. The van der Waals surface area contributed by atoms with Crippen LogP contribution in [-0.2, 0) is 28.3 Å². The van der Waals surface area contributed by atoms with Gasteiger partial charge < -0.3 is 14.6 Å². The lowest BCUT2D eigenvalue weighted by molar-refractivity contribution is -0.143. The number of piperazine rings is 1. The van der Waals surface area contributed by atoms with Crippen molar-refractivity contribution in [1.82, 2.24) is 25.2 Å². The first-order valence-electron chi connectivity index (χ1n) is 16.8. The molecule has 0 saturated carbocycles. The number of alkyl halides is 6. The third-order valence-corrected chi connectivity index (χ3v) is 9.23. The van der Waals surface area contributed by atoms with Crippen molar-refractivity contribution in [2.75, 3.05) is 65.6 Å². The number of fused-ring (bicyclic) bond motifs is 1. The number of benzene rings is 3. The number of carbonyl (C=O) groups excluding carboxylic acids is 1. The molecule has 1 aromatic heterocycles. The van der Waals surface area contributed by atoms with E-state index in [2.05, 4.69) is 20.3 Å². The molecule has 3 heterocycles. The van der Waals surface area contributed by atoms with Crippen LogP contribution in [0.1, 0.15) is 32.6 Å². The van der Waals surface area contributed by atoms with Gasteiger partial charge in [-0.25, -0.2) is 0 Å². The van der Waals surface area contributed by atoms with Crippen LogP contribution in [0.4, 0.5) is 26.3 Å².